The molecule has 0 unspecified atom stereocenters. The van der Waals surface area contributed by atoms with Gasteiger partial charge in [-0.2, -0.15) is 0 Å². The van der Waals surface area contributed by atoms with Gasteiger partial charge in [-0.05, 0) is 31.9 Å². The summed E-state index contributed by atoms with van der Waals surface area (Å²) in [7, 11) is -3.46. The summed E-state index contributed by atoms with van der Waals surface area (Å²) in [6, 6.07) is 8.71. The van der Waals surface area contributed by atoms with Crippen LogP contribution < -0.4 is 15.4 Å². The van der Waals surface area contributed by atoms with E-state index in [0.717, 1.165) is 25.3 Å². The number of hydrogen-bond acceptors (Lipinski definition) is 3. The minimum atomic E-state index is -3.46. The molecule has 0 atom stereocenters. The highest BCUT2D eigenvalue weighted by molar-refractivity contribution is 7.89. The molecule has 1 aliphatic carbocycles. The van der Waals surface area contributed by atoms with Crippen molar-refractivity contribution in [2.45, 2.75) is 30.7 Å². The van der Waals surface area contributed by atoms with Gasteiger partial charge in [0.1, 0.15) is 0 Å². The molecule has 0 spiro atoms. The maximum atomic E-state index is 12.1. The fraction of sp³-hybridized carbons (Fsp3) is 0.438. The highest BCUT2D eigenvalue weighted by Crippen LogP contribution is 2.08. The molecule has 0 saturated heterocycles. The molecule has 23 heavy (non-hydrogen) atoms. The van der Waals surface area contributed by atoms with Crippen LogP contribution >= 0.6 is 0 Å². The van der Waals surface area contributed by atoms with E-state index in [4.69, 9.17) is 0 Å². The van der Waals surface area contributed by atoms with Gasteiger partial charge in [0.05, 0.1) is 11.4 Å². The monoisotopic (exact) mass is 336 g/mol. The van der Waals surface area contributed by atoms with Crippen LogP contribution in [0.2, 0.25) is 0 Å². The molecule has 1 aromatic carbocycles. The third-order valence-corrected chi connectivity index (χ3v) is 4.90. The summed E-state index contributed by atoms with van der Waals surface area (Å²) in [6.45, 7) is 3.40. The second-order valence-corrected chi connectivity index (χ2v) is 7.02. The maximum Gasteiger partial charge on any atom is 0.240 e. The van der Waals surface area contributed by atoms with Crippen molar-refractivity contribution in [3.8, 4) is 0 Å². The fourth-order valence-electron chi connectivity index (χ4n) is 2.28. The summed E-state index contributed by atoms with van der Waals surface area (Å²) >= 11 is 0. The molecule has 0 aliphatic heterocycles. The molecule has 0 radical (unpaired) electrons. The Bertz CT molecular complexity index is 633. The van der Waals surface area contributed by atoms with E-state index in [1.807, 2.05) is 6.92 Å². The van der Waals surface area contributed by atoms with Gasteiger partial charge in [-0.3, -0.25) is 4.99 Å². The van der Waals surface area contributed by atoms with Gasteiger partial charge < -0.3 is 10.6 Å². The second kappa shape index (κ2) is 8.69. The summed E-state index contributed by atoms with van der Waals surface area (Å²) in [4.78, 5) is 4.68. The Labute approximate surface area is 138 Å². The summed E-state index contributed by atoms with van der Waals surface area (Å²) in [5.41, 5.74) is 0. The SMILES string of the molecule is CCNC(=NCCNS(=O)(=O)c1ccccc1)NC1CC=CC1. The maximum absolute atomic E-state index is 12.1. The van der Waals surface area contributed by atoms with Crippen LogP contribution in [0.25, 0.3) is 0 Å². The van der Waals surface area contributed by atoms with E-state index in [9.17, 15) is 8.42 Å². The zero-order valence-electron chi connectivity index (χ0n) is 13.3. The van der Waals surface area contributed by atoms with Gasteiger partial charge in [0.15, 0.2) is 5.96 Å². The Morgan fingerprint density at radius 2 is 1.91 bits per heavy atom. The highest BCUT2D eigenvalue weighted by atomic mass is 32.2. The first kappa shape index (κ1) is 17.5. The molecule has 0 saturated carbocycles. The number of nitrogens with zero attached hydrogens (tertiary/aromatic N) is 1. The number of sulfonamides is 1. The largest absolute Gasteiger partial charge is 0.357 e. The third-order valence-electron chi connectivity index (χ3n) is 3.42. The van der Waals surface area contributed by atoms with Crippen molar-refractivity contribution >= 4 is 16.0 Å². The number of benzene rings is 1. The van der Waals surface area contributed by atoms with E-state index < -0.39 is 10.0 Å². The predicted molar refractivity (Wildman–Crippen MR) is 92.9 cm³/mol. The normalized spacial score (nSPS) is 15.8. The van der Waals surface area contributed by atoms with E-state index >= 15 is 0 Å². The van der Waals surface area contributed by atoms with Crippen LogP contribution in [0.1, 0.15) is 19.8 Å². The first-order valence-corrected chi connectivity index (χ1v) is 9.34. The van der Waals surface area contributed by atoms with Gasteiger partial charge in [-0.15, -0.1) is 0 Å². The number of hydrogen-bond donors (Lipinski definition) is 3. The smallest absolute Gasteiger partial charge is 0.240 e. The number of rotatable bonds is 7. The highest BCUT2D eigenvalue weighted by Gasteiger charge is 2.13. The van der Waals surface area contributed by atoms with Crippen LogP contribution in [0.3, 0.4) is 0 Å². The lowest BCUT2D eigenvalue weighted by Gasteiger charge is -2.16. The lowest BCUT2D eigenvalue weighted by atomic mass is 10.2. The molecule has 0 heterocycles. The molecule has 7 heteroatoms. The standard InChI is InChI=1S/C16H24N4O2S/c1-2-17-16(20-14-8-6-7-9-14)18-12-13-19-23(21,22)15-10-4-3-5-11-15/h3-7,10-11,14,19H,2,8-9,12-13H2,1H3,(H2,17,18,20). The lowest BCUT2D eigenvalue weighted by molar-refractivity contribution is 0.581. The fourth-order valence-corrected chi connectivity index (χ4v) is 3.32. The first-order chi connectivity index (χ1) is 11.1. The van der Waals surface area contributed by atoms with Crippen molar-refractivity contribution < 1.29 is 8.42 Å². The Morgan fingerprint density at radius 1 is 1.22 bits per heavy atom. The van der Waals surface area contributed by atoms with Crippen molar-refractivity contribution in [2.24, 2.45) is 4.99 Å². The van der Waals surface area contributed by atoms with Gasteiger partial charge in [0, 0.05) is 19.1 Å². The third kappa shape index (κ3) is 5.69. The molecule has 6 nitrogen and oxygen atoms in total. The summed E-state index contributed by atoms with van der Waals surface area (Å²) in [6.07, 6.45) is 6.28. The second-order valence-electron chi connectivity index (χ2n) is 5.26. The molecule has 3 N–H and O–H groups in total. The Balaban J connectivity index is 1.83. The van der Waals surface area contributed by atoms with Crippen molar-refractivity contribution in [1.29, 1.82) is 0 Å². The van der Waals surface area contributed by atoms with Crippen LogP contribution in [-0.2, 0) is 10.0 Å². The minimum absolute atomic E-state index is 0.261. The summed E-state index contributed by atoms with van der Waals surface area (Å²) < 4.78 is 26.7. The average molecular weight is 336 g/mol. The number of guanidine groups is 1. The van der Waals surface area contributed by atoms with Gasteiger partial charge >= 0.3 is 0 Å². The van der Waals surface area contributed by atoms with Crippen LogP contribution in [0.15, 0.2) is 52.4 Å². The zero-order chi connectivity index (χ0) is 16.5. The van der Waals surface area contributed by atoms with E-state index in [1.54, 1.807) is 30.3 Å². The average Bonchev–Trinajstić information content (AvgIpc) is 3.05. The lowest BCUT2D eigenvalue weighted by Crippen LogP contribution is -2.42. The number of aliphatic imine (C=N–C) groups is 1. The Hall–Kier alpha value is -1.86. The molecular weight excluding hydrogens is 312 g/mol. The van der Waals surface area contributed by atoms with Crippen LogP contribution in [0, 0.1) is 0 Å². The molecule has 126 valence electrons. The van der Waals surface area contributed by atoms with E-state index in [-0.39, 0.29) is 11.4 Å². The number of nitrogens with one attached hydrogen (secondary N) is 3. The van der Waals surface area contributed by atoms with Crippen LogP contribution in [-0.4, -0.2) is 40.1 Å². The predicted octanol–water partition coefficient (Wildman–Crippen LogP) is 1.24. The van der Waals surface area contributed by atoms with E-state index in [2.05, 4.69) is 32.5 Å². The quantitative estimate of drug-likeness (QED) is 0.303. The molecule has 0 aromatic heterocycles. The molecule has 1 aliphatic rings. The van der Waals surface area contributed by atoms with Gasteiger partial charge in [0.25, 0.3) is 0 Å². The topological polar surface area (TPSA) is 82.6 Å². The molecule has 0 bridgehead atoms. The van der Waals surface area contributed by atoms with Gasteiger partial charge in [-0.1, -0.05) is 30.4 Å². The molecular formula is C16H24N4O2S. The summed E-state index contributed by atoms with van der Waals surface area (Å²) in [5.74, 6) is 0.722. The Morgan fingerprint density at radius 3 is 2.57 bits per heavy atom. The Kier molecular flexibility index (Phi) is 6.61. The molecule has 0 amide bonds. The van der Waals surface area contributed by atoms with Crippen molar-refractivity contribution in [2.75, 3.05) is 19.6 Å². The van der Waals surface area contributed by atoms with Gasteiger partial charge in [0.2, 0.25) is 10.0 Å². The van der Waals surface area contributed by atoms with E-state index in [0.29, 0.717) is 12.6 Å². The minimum Gasteiger partial charge on any atom is -0.357 e. The molecule has 2 rings (SSSR count). The van der Waals surface area contributed by atoms with E-state index in [1.165, 1.54) is 0 Å². The van der Waals surface area contributed by atoms with Crippen molar-refractivity contribution in [3.05, 3.63) is 42.5 Å². The molecule has 1 aromatic rings. The van der Waals surface area contributed by atoms with Crippen LogP contribution in [0.4, 0.5) is 0 Å². The first-order valence-electron chi connectivity index (χ1n) is 7.86. The van der Waals surface area contributed by atoms with Crippen LogP contribution in [0.5, 0.6) is 0 Å². The van der Waals surface area contributed by atoms with Crippen molar-refractivity contribution in [1.82, 2.24) is 15.4 Å². The van der Waals surface area contributed by atoms with Gasteiger partial charge in [-0.25, -0.2) is 13.1 Å². The zero-order valence-corrected chi connectivity index (χ0v) is 14.1. The molecule has 0 fully saturated rings. The van der Waals surface area contributed by atoms with Crippen molar-refractivity contribution in [3.63, 3.8) is 0 Å². The summed E-state index contributed by atoms with van der Waals surface area (Å²) in [5, 5.41) is 6.52.